The monoisotopic (exact) mass is 666 g/mol. The van der Waals surface area contributed by atoms with Gasteiger partial charge in [0.2, 0.25) is 0 Å². The predicted octanol–water partition coefficient (Wildman–Crippen LogP) is 13.6. The lowest BCUT2D eigenvalue weighted by Gasteiger charge is -2.12. The van der Waals surface area contributed by atoms with E-state index in [1.54, 1.807) is 0 Å². The number of benzene rings is 8. The van der Waals surface area contributed by atoms with Crippen molar-refractivity contribution in [3.05, 3.63) is 182 Å². The molecule has 0 bridgehead atoms. The Balaban J connectivity index is 1.04. The lowest BCUT2D eigenvalue weighted by Crippen LogP contribution is -1.97. The Labute approximate surface area is 298 Å². The van der Waals surface area contributed by atoms with E-state index in [1.807, 2.05) is 11.3 Å². The molecule has 0 amide bonds. The molecule has 8 aromatic carbocycles. The highest BCUT2D eigenvalue weighted by Crippen LogP contribution is 2.41. The van der Waals surface area contributed by atoms with E-state index in [0.29, 0.717) is 0 Å². The fourth-order valence-corrected chi connectivity index (χ4v) is 9.46. The maximum absolute atomic E-state index is 2.42. The van der Waals surface area contributed by atoms with E-state index >= 15 is 0 Å². The summed E-state index contributed by atoms with van der Waals surface area (Å²) in [6.07, 6.45) is 0. The van der Waals surface area contributed by atoms with Gasteiger partial charge in [0, 0.05) is 53.1 Å². The fraction of sp³-hybridized carbons (Fsp3) is 0. The van der Waals surface area contributed by atoms with Crippen molar-refractivity contribution in [2.75, 3.05) is 0 Å². The first-order chi connectivity index (χ1) is 25.3. The third-order valence-electron chi connectivity index (χ3n) is 10.5. The Morgan fingerprint density at radius 2 is 0.843 bits per heavy atom. The zero-order chi connectivity index (χ0) is 33.5. The van der Waals surface area contributed by atoms with E-state index in [9.17, 15) is 0 Å². The normalized spacial score (nSPS) is 11.9. The molecule has 0 radical (unpaired) electrons. The fourth-order valence-electron chi connectivity index (χ4n) is 8.22. The van der Waals surface area contributed by atoms with Crippen LogP contribution in [-0.4, -0.2) is 9.13 Å². The summed E-state index contributed by atoms with van der Waals surface area (Å²) in [7, 11) is 0. The van der Waals surface area contributed by atoms with Crippen LogP contribution in [0, 0.1) is 0 Å². The standard InChI is InChI=1S/C48H30N2S/c1-6-20-44-37(13-1)38-14-2-7-21-45(38)50(44)35-27-28-40-39-15-3-5-19-43(39)49(46(40)30-35)34-25-23-31(24-26-34)32-11-9-12-33(29-32)36-17-10-18-42-41-16-4-8-22-47(41)51-48(36)42/h1-30H. The lowest BCUT2D eigenvalue weighted by molar-refractivity contribution is 1.15. The van der Waals surface area contributed by atoms with E-state index in [0.717, 1.165) is 11.4 Å². The number of hydrogen-bond donors (Lipinski definition) is 0. The van der Waals surface area contributed by atoms with Crippen LogP contribution in [-0.2, 0) is 0 Å². The highest BCUT2D eigenvalue weighted by Gasteiger charge is 2.17. The zero-order valence-electron chi connectivity index (χ0n) is 27.6. The zero-order valence-corrected chi connectivity index (χ0v) is 28.4. The van der Waals surface area contributed by atoms with Gasteiger partial charge in [-0.25, -0.2) is 0 Å². The van der Waals surface area contributed by atoms with Gasteiger partial charge in [-0.3, -0.25) is 0 Å². The Kier molecular flexibility index (Phi) is 6.16. The summed E-state index contributed by atoms with van der Waals surface area (Å²) in [5, 5.41) is 7.72. The molecule has 2 nitrogen and oxygen atoms in total. The van der Waals surface area contributed by atoms with E-state index in [1.165, 1.54) is 86.0 Å². The van der Waals surface area contributed by atoms with Crippen LogP contribution in [0.2, 0.25) is 0 Å². The molecule has 238 valence electrons. The molecule has 0 unspecified atom stereocenters. The second-order valence-electron chi connectivity index (χ2n) is 13.3. The van der Waals surface area contributed by atoms with Gasteiger partial charge in [-0.1, -0.05) is 127 Å². The molecule has 0 aliphatic heterocycles. The van der Waals surface area contributed by atoms with E-state index in [-0.39, 0.29) is 0 Å². The molecular weight excluding hydrogens is 637 g/mol. The summed E-state index contributed by atoms with van der Waals surface area (Å²) in [6, 6.07) is 66.6. The molecule has 0 N–H and O–H groups in total. The molecule has 3 aromatic heterocycles. The SMILES string of the molecule is c1cc(-c2ccc(-n3c4ccccc4c4ccc(-n5c6ccccc6c6ccccc65)cc43)cc2)cc(-c2cccc3c2sc2ccccc23)c1. The Morgan fingerprint density at radius 1 is 0.314 bits per heavy atom. The van der Waals surface area contributed by atoms with Gasteiger partial charge in [0.05, 0.1) is 22.1 Å². The van der Waals surface area contributed by atoms with Crippen molar-refractivity contribution in [3.8, 4) is 33.6 Å². The van der Waals surface area contributed by atoms with Crippen LogP contribution in [0.1, 0.15) is 0 Å². The van der Waals surface area contributed by atoms with Crippen LogP contribution < -0.4 is 0 Å². The third-order valence-corrected chi connectivity index (χ3v) is 11.8. The number of thiophene rings is 1. The minimum Gasteiger partial charge on any atom is -0.309 e. The smallest absolute Gasteiger partial charge is 0.0561 e. The minimum absolute atomic E-state index is 1.15. The van der Waals surface area contributed by atoms with Crippen molar-refractivity contribution < 1.29 is 0 Å². The molecule has 0 fully saturated rings. The molecule has 11 rings (SSSR count). The molecule has 11 aromatic rings. The first-order valence-corrected chi connectivity index (χ1v) is 18.3. The van der Waals surface area contributed by atoms with Gasteiger partial charge in [-0.2, -0.15) is 0 Å². The van der Waals surface area contributed by atoms with Gasteiger partial charge in [0.1, 0.15) is 0 Å². The molecule has 51 heavy (non-hydrogen) atoms. The molecule has 3 heteroatoms. The molecule has 0 saturated carbocycles. The van der Waals surface area contributed by atoms with Gasteiger partial charge < -0.3 is 9.13 Å². The van der Waals surface area contributed by atoms with Gasteiger partial charge in [-0.05, 0) is 76.9 Å². The first-order valence-electron chi connectivity index (χ1n) is 17.4. The van der Waals surface area contributed by atoms with Gasteiger partial charge >= 0.3 is 0 Å². The minimum atomic E-state index is 1.15. The van der Waals surface area contributed by atoms with Crippen molar-refractivity contribution in [2.24, 2.45) is 0 Å². The molecule has 0 saturated heterocycles. The number of hydrogen-bond acceptors (Lipinski definition) is 1. The van der Waals surface area contributed by atoms with Gasteiger partial charge in [-0.15, -0.1) is 11.3 Å². The van der Waals surface area contributed by atoms with E-state index in [2.05, 4.69) is 191 Å². The topological polar surface area (TPSA) is 9.86 Å². The average molecular weight is 667 g/mol. The van der Waals surface area contributed by atoms with Crippen molar-refractivity contribution in [3.63, 3.8) is 0 Å². The number of nitrogens with zero attached hydrogens (tertiary/aromatic N) is 2. The van der Waals surface area contributed by atoms with Crippen LogP contribution in [0.3, 0.4) is 0 Å². The van der Waals surface area contributed by atoms with Crippen molar-refractivity contribution in [1.82, 2.24) is 9.13 Å². The number of fused-ring (bicyclic) bond motifs is 9. The predicted molar refractivity (Wildman–Crippen MR) is 219 cm³/mol. The Morgan fingerprint density at radius 3 is 1.55 bits per heavy atom. The second-order valence-corrected chi connectivity index (χ2v) is 14.4. The maximum Gasteiger partial charge on any atom is 0.0561 e. The van der Waals surface area contributed by atoms with Crippen LogP contribution in [0.4, 0.5) is 0 Å². The Bertz CT molecular complexity index is 3080. The second kappa shape index (κ2) is 11.0. The van der Waals surface area contributed by atoms with Gasteiger partial charge in [0.25, 0.3) is 0 Å². The van der Waals surface area contributed by atoms with Crippen LogP contribution >= 0.6 is 11.3 Å². The van der Waals surface area contributed by atoms with E-state index < -0.39 is 0 Å². The van der Waals surface area contributed by atoms with E-state index in [4.69, 9.17) is 0 Å². The Hall–Kier alpha value is -6.42. The number of rotatable bonds is 4. The molecule has 3 heterocycles. The summed E-state index contributed by atoms with van der Waals surface area (Å²) in [5.41, 5.74) is 12.1. The van der Waals surface area contributed by atoms with Crippen molar-refractivity contribution in [2.45, 2.75) is 0 Å². The summed E-state index contributed by atoms with van der Waals surface area (Å²) in [4.78, 5) is 0. The largest absolute Gasteiger partial charge is 0.309 e. The molecular formula is C48H30N2S. The maximum atomic E-state index is 2.42. The highest BCUT2D eigenvalue weighted by molar-refractivity contribution is 7.26. The van der Waals surface area contributed by atoms with Gasteiger partial charge in [0.15, 0.2) is 0 Å². The summed E-state index contributed by atoms with van der Waals surface area (Å²) in [5.74, 6) is 0. The lowest BCUT2D eigenvalue weighted by atomic mass is 9.98. The average Bonchev–Trinajstić information content (AvgIpc) is 3.85. The summed E-state index contributed by atoms with van der Waals surface area (Å²) < 4.78 is 7.50. The molecule has 0 atom stereocenters. The van der Waals surface area contributed by atoms with Crippen molar-refractivity contribution in [1.29, 1.82) is 0 Å². The molecule has 0 spiro atoms. The van der Waals surface area contributed by atoms with Crippen LogP contribution in [0.5, 0.6) is 0 Å². The third kappa shape index (κ3) is 4.29. The number of para-hydroxylation sites is 3. The number of aromatic nitrogens is 2. The summed E-state index contributed by atoms with van der Waals surface area (Å²) in [6.45, 7) is 0. The first kappa shape index (κ1) is 28.4. The quantitative estimate of drug-likeness (QED) is 0.177. The highest BCUT2D eigenvalue weighted by atomic mass is 32.1. The molecule has 0 aliphatic carbocycles. The summed E-state index contributed by atoms with van der Waals surface area (Å²) >= 11 is 1.88. The molecule has 0 aliphatic rings. The van der Waals surface area contributed by atoms with Crippen LogP contribution in [0.15, 0.2) is 182 Å². The van der Waals surface area contributed by atoms with Crippen LogP contribution in [0.25, 0.3) is 97.4 Å². The van der Waals surface area contributed by atoms with Crippen molar-refractivity contribution >= 4 is 75.1 Å².